The summed E-state index contributed by atoms with van der Waals surface area (Å²) >= 11 is 6.84. The zero-order valence-corrected chi connectivity index (χ0v) is 18.7. The Balaban J connectivity index is 1.84. The van der Waals surface area contributed by atoms with Crippen LogP contribution in [0.1, 0.15) is 5.56 Å². The Morgan fingerprint density at radius 3 is 2.10 bits per heavy atom. The lowest BCUT2D eigenvalue weighted by atomic mass is 10.0. The Morgan fingerprint density at radius 2 is 1.52 bits per heavy atom. The van der Waals surface area contributed by atoms with Crippen LogP contribution in [0.25, 0.3) is 0 Å². The van der Waals surface area contributed by atoms with Crippen LogP contribution in [0.3, 0.4) is 0 Å². The Labute approximate surface area is 185 Å². The average molecular weight is 518 g/mol. The van der Waals surface area contributed by atoms with Crippen LogP contribution in [-0.2, 0) is 5.72 Å². The topological polar surface area (TPSA) is 53.0 Å². The third-order valence-corrected chi connectivity index (χ3v) is 5.98. The molecule has 0 radical (unpaired) electrons. The molecule has 1 unspecified atom stereocenters. The normalized spacial score (nSPS) is 19.0. The second-order valence-corrected chi connectivity index (χ2v) is 8.54. The molecule has 7 heteroatoms. The van der Waals surface area contributed by atoms with Crippen LogP contribution >= 0.6 is 31.9 Å². The number of hydrogen-bond acceptors (Lipinski definition) is 3. The maximum absolute atomic E-state index is 13.5. The van der Waals surface area contributed by atoms with E-state index in [2.05, 4.69) is 31.9 Å². The van der Waals surface area contributed by atoms with Gasteiger partial charge in [-0.15, -0.1) is 0 Å². The van der Waals surface area contributed by atoms with Gasteiger partial charge < -0.3 is 9.84 Å². The van der Waals surface area contributed by atoms with E-state index >= 15 is 0 Å². The largest absolute Gasteiger partial charge is 0.497 e. The lowest BCUT2D eigenvalue weighted by molar-refractivity contribution is 0.0653. The highest BCUT2D eigenvalue weighted by Gasteiger charge is 2.51. The van der Waals surface area contributed by atoms with E-state index in [1.807, 2.05) is 36.4 Å². The minimum atomic E-state index is -1.56. The summed E-state index contributed by atoms with van der Waals surface area (Å²) in [6, 6.07) is 21.6. The van der Waals surface area contributed by atoms with Crippen LogP contribution in [0.2, 0.25) is 0 Å². The van der Waals surface area contributed by atoms with Gasteiger partial charge in [0.1, 0.15) is 5.75 Å². The van der Waals surface area contributed by atoms with Gasteiger partial charge in [0.15, 0.2) is 5.72 Å². The molecule has 3 aromatic rings. The summed E-state index contributed by atoms with van der Waals surface area (Å²) < 4.78 is 7.14. The SMILES string of the molecule is COc1cccc(C2(O)CN(c3ccc(Br)cc3)C(=O)N2c2ccc(Br)cc2)c1. The number of amides is 2. The maximum atomic E-state index is 13.5. The second kappa shape index (κ2) is 7.82. The summed E-state index contributed by atoms with van der Waals surface area (Å²) in [7, 11) is 1.57. The highest BCUT2D eigenvalue weighted by Crippen LogP contribution is 2.41. The van der Waals surface area contributed by atoms with Crippen molar-refractivity contribution in [2.24, 2.45) is 0 Å². The molecule has 1 aliphatic rings. The molecule has 1 saturated heterocycles. The predicted octanol–water partition coefficient (Wildman–Crippen LogP) is 5.51. The van der Waals surface area contributed by atoms with Gasteiger partial charge in [0.25, 0.3) is 0 Å². The predicted molar refractivity (Wildman–Crippen MR) is 120 cm³/mol. The van der Waals surface area contributed by atoms with E-state index in [9.17, 15) is 9.90 Å². The van der Waals surface area contributed by atoms with Crippen molar-refractivity contribution in [3.8, 4) is 5.75 Å². The number of nitrogens with zero attached hydrogens (tertiary/aromatic N) is 2. The Morgan fingerprint density at radius 1 is 0.931 bits per heavy atom. The van der Waals surface area contributed by atoms with Crippen LogP contribution in [0.5, 0.6) is 5.75 Å². The number of carbonyl (C=O) groups excluding carboxylic acids is 1. The first-order valence-electron chi connectivity index (χ1n) is 8.92. The molecule has 4 rings (SSSR count). The van der Waals surface area contributed by atoms with Crippen LogP contribution in [0.4, 0.5) is 16.2 Å². The molecule has 0 aromatic heterocycles. The van der Waals surface area contributed by atoms with Crippen LogP contribution in [-0.4, -0.2) is 24.8 Å². The fraction of sp³-hybridized carbons (Fsp3) is 0.136. The standard InChI is InChI=1S/C22H18Br2N2O3/c1-29-20-4-2-3-15(13-20)22(28)14-25(18-9-5-16(23)6-10-18)21(27)26(22)19-11-7-17(24)8-12-19/h2-13,28H,14H2,1H3. The molecule has 1 heterocycles. The molecule has 3 aromatic carbocycles. The Bertz CT molecular complexity index is 1040. The molecule has 2 amide bonds. The lowest BCUT2D eigenvalue weighted by Crippen LogP contribution is -2.44. The molecule has 0 spiro atoms. The number of urea groups is 1. The van der Waals surface area contributed by atoms with Crippen molar-refractivity contribution in [2.45, 2.75) is 5.72 Å². The van der Waals surface area contributed by atoms with Crippen LogP contribution < -0.4 is 14.5 Å². The van der Waals surface area contributed by atoms with Gasteiger partial charge in [-0.1, -0.05) is 44.0 Å². The monoisotopic (exact) mass is 516 g/mol. The number of ether oxygens (including phenoxy) is 1. The first-order valence-corrected chi connectivity index (χ1v) is 10.5. The molecular weight excluding hydrogens is 500 g/mol. The van der Waals surface area contributed by atoms with Crippen LogP contribution in [0.15, 0.2) is 81.7 Å². The minimum absolute atomic E-state index is 0.0801. The molecule has 0 bridgehead atoms. The molecule has 1 fully saturated rings. The fourth-order valence-corrected chi connectivity index (χ4v) is 4.00. The van der Waals surface area contributed by atoms with Crippen molar-refractivity contribution in [1.29, 1.82) is 0 Å². The number of aliphatic hydroxyl groups is 1. The molecule has 0 aliphatic carbocycles. The van der Waals surface area contributed by atoms with Crippen molar-refractivity contribution in [3.05, 3.63) is 87.3 Å². The number of methoxy groups -OCH3 is 1. The Kier molecular flexibility index (Phi) is 5.38. The zero-order valence-electron chi connectivity index (χ0n) is 15.5. The smallest absolute Gasteiger partial charge is 0.331 e. The maximum Gasteiger partial charge on any atom is 0.331 e. The number of hydrogen-bond donors (Lipinski definition) is 1. The number of rotatable bonds is 4. The molecule has 5 nitrogen and oxygen atoms in total. The molecule has 0 saturated carbocycles. The molecule has 1 N–H and O–H groups in total. The summed E-state index contributed by atoms with van der Waals surface area (Å²) in [6.07, 6.45) is 0. The zero-order chi connectivity index (χ0) is 20.6. The quantitative estimate of drug-likeness (QED) is 0.496. The van der Waals surface area contributed by atoms with E-state index in [0.29, 0.717) is 22.7 Å². The van der Waals surface area contributed by atoms with Gasteiger partial charge in [0.2, 0.25) is 0 Å². The summed E-state index contributed by atoms with van der Waals surface area (Å²) in [5.74, 6) is 0.612. The molecular formula is C22H18Br2N2O3. The van der Waals surface area contributed by atoms with Gasteiger partial charge in [0.05, 0.1) is 13.7 Å². The highest BCUT2D eigenvalue weighted by atomic mass is 79.9. The molecule has 1 atom stereocenters. The summed E-state index contributed by atoms with van der Waals surface area (Å²) in [5, 5.41) is 11.8. The number of halogens is 2. The van der Waals surface area contributed by atoms with E-state index in [0.717, 1.165) is 8.95 Å². The van der Waals surface area contributed by atoms with E-state index in [1.165, 1.54) is 4.90 Å². The molecule has 1 aliphatic heterocycles. The van der Waals surface area contributed by atoms with Gasteiger partial charge in [-0.05, 0) is 60.7 Å². The fourth-order valence-electron chi connectivity index (χ4n) is 3.47. The average Bonchev–Trinajstić information content (AvgIpc) is 3.01. The van der Waals surface area contributed by atoms with Gasteiger partial charge in [-0.2, -0.15) is 0 Å². The van der Waals surface area contributed by atoms with Crippen molar-refractivity contribution in [3.63, 3.8) is 0 Å². The van der Waals surface area contributed by atoms with Gasteiger partial charge in [-0.3, -0.25) is 9.80 Å². The number of β-amino-alcohol motifs (C(OH)–C–C–N with tert-alkyl or cyclic N) is 1. The van der Waals surface area contributed by atoms with E-state index in [-0.39, 0.29) is 12.6 Å². The summed E-state index contributed by atoms with van der Waals surface area (Å²) in [5.41, 5.74) is 0.321. The van der Waals surface area contributed by atoms with E-state index in [4.69, 9.17) is 4.74 Å². The highest BCUT2D eigenvalue weighted by molar-refractivity contribution is 9.10. The number of carbonyl (C=O) groups is 1. The van der Waals surface area contributed by atoms with Gasteiger partial charge in [-0.25, -0.2) is 4.79 Å². The van der Waals surface area contributed by atoms with Gasteiger partial charge >= 0.3 is 6.03 Å². The Hall–Kier alpha value is -2.35. The number of anilines is 2. The minimum Gasteiger partial charge on any atom is -0.497 e. The van der Waals surface area contributed by atoms with Crippen LogP contribution in [0, 0.1) is 0 Å². The van der Waals surface area contributed by atoms with E-state index in [1.54, 1.807) is 48.4 Å². The first-order chi connectivity index (χ1) is 13.9. The lowest BCUT2D eigenvalue weighted by Gasteiger charge is -2.32. The summed E-state index contributed by atoms with van der Waals surface area (Å²) in [4.78, 5) is 16.5. The van der Waals surface area contributed by atoms with Gasteiger partial charge in [0, 0.05) is 25.9 Å². The molecule has 29 heavy (non-hydrogen) atoms. The third kappa shape index (κ3) is 3.66. The second-order valence-electron chi connectivity index (χ2n) is 6.71. The molecule has 148 valence electrons. The first kappa shape index (κ1) is 19.9. The van der Waals surface area contributed by atoms with Crippen molar-refractivity contribution >= 4 is 49.3 Å². The third-order valence-electron chi connectivity index (χ3n) is 4.93. The van der Waals surface area contributed by atoms with Crippen molar-refractivity contribution in [2.75, 3.05) is 23.5 Å². The van der Waals surface area contributed by atoms with E-state index < -0.39 is 5.72 Å². The number of benzene rings is 3. The van der Waals surface area contributed by atoms with Crippen molar-refractivity contribution in [1.82, 2.24) is 0 Å². The summed E-state index contributed by atoms with van der Waals surface area (Å²) in [6.45, 7) is 0.0801. The van der Waals surface area contributed by atoms with Crippen molar-refractivity contribution < 1.29 is 14.6 Å².